The minimum atomic E-state index is 0.00766. The van der Waals surface area contributed by atoms with Crippen molar-refractivity contribution in [2.45, 2.75) is 47.1 Å². The molecule has 0 aliphatic heterocycles. The highest BCUT2D eigenvalue weighted by molar-refractivity contribution is 9.10. The highest BCUT2D eigenvalue weighted by atomic mass is 79.9. The molecule has 0 aliphatic carbocycles. The molecule has 0 aromatic heterocycles. The summed E-state index contributed by atoms with van der Waals surface area (Å²) in [5, 5.41) is 0. The monoisotopic (exact) mass is 327 g/mol. The minimum Gasteiger partial charge on any atom is -0.494 e. The first-order valence-corrected chi connectivity index (χ1v) is 7.72. The van der Waals surface area contributed by atoms with Crippen molar-refractivity contribution < 1.29 is 4.74 Å². The molecule has 1 aromatic carbocycles. The number of ether oxygens (including phenoxy) is 1. The van der Waals surface area contributed by atoms with Gasteiger partial charge in [0.1, 0.15) is 5.75 Å². The molecule has 2 atom stereocenters. The Hall–Kier alpha value is -0.540. The average molecular weight is 328 g/mol. The van der Waals surface area contributed by atoms with Gasteiger partial charge in [0.2, 0.25) is 0 Å². The van der Waals surface area contributed by atoms with E-state index >= 15 is 0 Å². The zero-order valence-corrected chi connectivity index (χ0v) is 14.3. The molecule has 2 unspecified atom stereocenters. The molecule has 0 bridgehead atoms. The first-order chi connectivity index (χ1) is 8.75. The molecule has 0 heterocycles. The zero-order valence-electron chi connectivity index (χ0n) is 12.7. The van der Waals surface area contributed by atoms with E-state index < -0.39 is 0 Å². The number of rotatable bonds is 5. The molecule has 19 heavy (non-hydrogen) atoms. The molecule has 2 nitrogen and oxygen atoms in total. The highest BCUT2D eigenvalue weighted by Crippen LogP contribution is 2.36. The maximum atomic E-state index is 6.39. The Morgan fingerprint density at radius 3 is 2.47 bits per heavy atom. The van der Waals surface area contributed by atoms with Crippen molar-refractivity contribution >= 4 is 15.9 Å². The van der Waals surface area contributed by atoms with E-state index in [1.807, 2.05) is 19.1 Å². The van der Waals surface area contributed by atoms with E-state index in [0.717, 1.165) is 22.2 Å². The SMILES string of the molecule is CCOc1ccc(Br)cc1C(N)CC(C)C(C)(C)C. The average Bonchev–Trinajstić information content (AvgIpc) is 2.30. The first-order valence-electron chi connectivity index (χ1n) is 6.93. The molecule has 0 amide bonds. The molecule has 0 radical (unpaired) electrons. The van der Waals surface area contributed by atoms with E-state index in [-0.39, 0.29) is 11.5 Å². The van der Waals surface area contributed by atoms with Crippen LogP contribution in [0.1, 0.15) is 52.6 Å². The number of nitrogens with two attached hydrogens (primary N) is 1. The van der Waals surface area contributed by atoms with Crippen LogP contribution in [0, 0.1) is 11.3 Å². The summed E-state index contributed by atoms with van der Waals surface area (Å²) in [6, 6.07) is 6.07. The molecule has 0 aliphatic rings. The van der Waals surface area contributed by atoms with E-state index in [0.29, 0.717) is 12.5 Å². The van der Waals surface area contributed by atoms with Crippen LogP contribution in [0.5, 0.6) is 5.75 Å². The van der Waals surface area contributed by atoms with Crippen LogP contribution in [-0.2, 0) is 0 Å². The Balaban J connectivity index is 2.92. The third-order valence-electron chi connectivity index (χ3n) is 3.76. The molecule has 0 spiro atoms. The van der Waals surface area contributed by atoms with Crippen LogP contribution in [0.3, 0.4) is 0 Å². The summed E-state index contributed by atoms with van der Waals surface area (Å²) in [6.07, 6.45) is 0.958. The second-order valence-electron chi connectivity index (χ2n) is 6.22. The van der Waals surface area contributed by atoms with Crippen LogP contribution in [-0.4, -0.2) is 6.61 Å². The largest absolute Gasteiger partial charge is 0.494 e. The van der Waals surface area contributed by atoms with Crippen molar-refractivity contribution in [2.75, 3.05) is 6.61 Å². The Morgan fingerprint density at radius 1 is 1.32 bits per heavy atom. The summed E-state index contributed by atoms with van der Waals surface area (Å²) in [5.74, 6) is 1.45. The fraction of sp³-hybridized carbons (Fsp3) is 0.625. The van der Waals surface area contributed by atoms with E-state index in [1.165, 1.54) is 0 Å². The molecule has 2 N–H and O–H groups in total. The van der Waals surface area contributed by atoms with Crippen molar-refractivity contribution in [3.63, 3.8) is 0 Å². The second kappa shape index (κ2) is 6.76. The fourth-order valence-electron chi connectivity index (χ4n) is 1.96. The lowest BCUT2D eigenvalue weighted by atomic mass is 9.77. The summed E-state index contributed by atoms with van der Waals surface area (Å²) in [7, 11) is 0. The Bertz CT molecular complexity index is 412. The topological polar surface area (TPSA) is 35.2 Å². The van der Waals surface area contributed by atoms with Crippen molar-refractivity contribution in [2.24, 2.45) is 17.1 Å². The van der Waals surface area contributed by atoms with Crippen LogP contribution in [0.2, 0.25) is 0 Å². The third-order valence-corrected chi connectivity index (χ3v) is 4.25. The zero-order chi connectivity index (χ0) is 14.6. The lowest BCUT2D eigenvalue weighted by Gasteiger charge is -2.30. The van der Waals surface area contributed by atoms with E-state index in [1.54, 1.807) is 0 Å². The molecular weight excluding hydrogens is 302 g/mol. The predicted molar refractivity (Wildman–Crippen MR) is 85.5 cm³/mol. The van der Waals surface area contributed by atoms with Crippen molar-refractivity contribution in [3.8, 4) is 5.75 Å². The predicted octanol–water partition coefficient (Wildman–Crippen LogP) is 4.92. The van der Waals surface area contributed by atoms with Crippen LogP contribution < -0.4 is 10.5 Å². The van der Waals surface area contributed by atoms with Gasteiger partial charge in [-0.15, -0.1) is 0 Å². The molecular formula is C16H26BrNO. The van der Waals surface area contributed by atoms with Crippen molar-refractivity contribution in [1.82, 2.24) is 0 Å². The van der Waals surface area contributed by atoms with Gasteiger partial charge in [0, 0.05) is 16.1 Å². The molecule has 0 fully saturated rings. The summed E-state index contributed by atoms with van der Waals surface area (Å²) < 4.78 is 6.73. The standard InChI is InChI=1S/C16H26BrNO/c1-6-19-15-8-7-12(17)10-13(15)14(18)9-11(2)16(3,4)5/h7-8,10-11,14H,6,9,18H2,1-5H3. The number of benzene rings is 1. The summed E-state index contributed by atoms with van der Waals surface area (Å²) >= 11 is 3.51. The summed E-state index contributed by atoms with van der Waals surface area (Å²) in [5.41, 5.74) is 7.76. The quantitative estimate of drug-likeness (QED) is 0.832. The number of halogens is 1. The molecule has 108 valence electrons. The lowest BCUT2D eigenvalue weighted by Crippen LogP contribution is -2.23. The lowest BCUT2D eigenvalue weighted by molar-refractivity contribution is 0.232. The first kappa shape index (κ1) is 16.5. The fourth-order valence-corrected chi connectivity index (χ4v) is 2.34. The Kier molecular flexibility index (Phi) is 5.87. The molecule has 1 aromatic rings. The van der Waals surface area contributed by atoms with Crippen LogP contribution in [0.25, 0.3) is 0 Å². The van der Waals surface area contributed by atoms with Crippen LogP contribution in [0.4, 0.5) is 0 Å². The summed E-state index contributed by atoms with van der Waals surface area (Å²) in [4.78, 5) is 0. The van der Waals surface area contributed by atoms with Gasteiger partial charge in [-0.3, -0.25) is 0 Å². The second-order valence-corrected chi connectivity index (χ2v) is 7.14. The number of hydrogen-bond donors (Lipinski definition) is 1. The van der Waals surface area contributed by atoms with Crippen LogP contribution in [0.15, 0.2) is 22.7 Å². The third kappa shape index (κ3) is 4.81. The van der Waals surface area contributed by atoms with E-state index in [2.05, 4.69) is 49.7 Å². The maximum Gasteiger partial charge on any atom is 0.124 e. The summed E-state index contributed by atoms with van der Waals surface area (Å²) in [6.45, 7) is 11.7. The Labute approximate surface area is 125 Å². The smallest absolute Gasteiger partial charge is 0.124 e. The van der Waals surface area contributed by atoms with Gasteiger partial charge in [-0.25, -0.2) is 0 Å². The normalized spacial score (nSPS) is 15.1. The van der Waals surface area contributed by atoms with Gasteiger partial charge in [-0.1, -0.05) is 43.6 Å². The number of hydrogen-bond acceptors (Lipinski definition) is 2. The Morgan fingerprint density at radius 2 is 1.95 bits per heavy atom. The molecule has 0 saturated carbocycles. The van der Waals surface area contributed by atoms with Gasteiger partial charge in [0.15, 0.2) is 0 Å². The van der Waals surface area contributed by atoms with Crippen LogP contribution >= 0.6 is 15.9 Å². The molecule has 3 heteroatoms. The highest BCUT2D eigenvalue weighted by Gasteiger charge is 2.24. The van der Waals surface area contributed by atoms with Gasteiger partial charge in [-0.2, -0.15) is 0 Å². The van der Waals surface area contributed by atoms with Gasteiger partial charge in [-0.05, 0) is 42.9 Å². The van der Waals surface area contributed by atoms with Crippen molar-refractivity contribution in [3.05, 3.63) is 28.2 Å². The molecule has 0 saturated heterocycles. The minimum absolute atomic E-state index is 0.00766. The molecule has 1 rings (SSSR count). The van der Waals surface area contributed by atoms with Gasteiger partial charge >= 0.3 is 0 Å². The van der Waals surface area contributed by atoms with E-state index in [9.17, 15) is 0 Å². The van der Waals surface area contributed by atoms with E-state index in [4.69, 9.17) is 10.5 Å². The maximum absolute atomic E-state index is 6.39. The van der Waals surface area contributed by atoms with Gasteiger partial charge in [0.25, 0.3) is 0 Å². The van der Waals surface area contributed by atoms with Gasteiger partial charge < -0.3 is 10.5 Å². The van der Waals surface area contributed by atoms with Crippen molar-refractivity contribution in [1.29, 1.82) is 0 Å². The van der Waals surface area contributed by atoms with Gasteiger partial charge in [0.05, 0.1) is 6.61 Å².